The minimum Gasteiger partial charge on any atom is -0.369 e. The van der Waals surface area contributed by atoms with Crippen LogP contribution in [0.4, 0.5) is 5.69 Å². The van der Waals surface area contributed by atoms with Crippen molar-refractivity contribution < 1.29 is 0 Å². The molecule has 104 valence electrons. The number of rotatable bonds is 2. The van der Waals surface area contributed by atoms with E-state index in [-0.39, 0.29) is 6.04 Å². The molecule has 1 aliphatic rings. The predicted octanol–water partition coefficient (Wildman–Crippen LogP) is 4.35. The van der Waals surface area contributed by atoms with Gasteiger partial charge in [0.1, 0.15) is 4.34 Å². The van der Waals surface area contributed by atoms with Crippen LogP contribution in [-0.2, 0) is 0 Å². The van der Waals surface area contributed by atoms with Gasteiger partial charge in [0, 0.05) is 15.0 Å². The number of anilines is 1. The highest BCUT2D eigenvalue weighted by molar-refractivity contribution is 9.10. The van der Waals surface area contributed by atoms with Crippen LogP contribution in [-0.4, -0.2) is 12.5 Å². The van der Waals surface area contributed by atoms with Crippen molar-refractivity contribution in [1.82, 2.24) is 0 Å². The molecule has 0 fully saturated rings. The molecule has 20 heavy (non-hydrogen) atoms. The van der Waals surface area contributed by atoms with Crippen LogP contribution in [0.15, 0.2) is 39.8 Å². The van der Waals surface area contributed by atoms with Crippen molar-refractivity contribution >= 4 is 50.5 Å². The normalized spacial score (nSPS) is 18.4. The Hall–Kier alpha value is -1.04. The molecule has 1 aromatic heterocycles. The second-order valence-electron chi connectivity index (χ2n) is 4.69. The van der Waals surface area contributed by atoms with Crippen LogP contribution in [0.3, 0.4) is 0 Å². The maximum Gasteiger partial charge on any atom is 0.196 e. The molecular formula is C14H13BrClN3S. The first kappa shape index (κ1) is 13.9. The molecule has 1 atom stereocenters. The summed E-state index contributed by atoms with van der Waals surface area (Å²) in [7, 11) is 0. The van der Waals surface area contributed by atoms with E-state index >= 15 is 0 Å². The lowest BCUT2D eigenvalue weighted by Crippen LogP contribution is -2.35. The molecule has 0 radical (unpaired) electrons. The first-order valence-electron chi connectivity index (χ1n) is 6.17. The van der Waals surface area contributed by atoms with Crippen LogP contribution < -0.4 is 10.6 Å². The van der Waals surface area contributed by atoms with Gasteiger partial charge in [0.15, 0.2) is 5.96 Å². The summed E-state index contributed by atoms with van der Waals surface area (Å²) in [5, 5.41) is 0. The molecule has 0 spiro atoms. The maximum absolute atomic E-state index is 6.15. The Morgan fingerprint density at radius 1 is 1.45 bits per heavy atom. The molecule has 2 N–H and O–H groups in total. The average Bonchev–Trinajstić information content (AvgIpc) is 2.93. The number of aliphatic imine (C=N–C) groups is 1. The standard InChI is InChI=1S/C14H13BrClN3S/c1-8-3-2-4-9(5-8)19-11(7-18-14(19)17)12-6-10(15)13(16)20-12/h2-6,11H,7H2,1H3,(H2,17,18). The zero-order chi connectivity index (χ0) is 14.3. The third-order valence-electron chi connectivity index (χ3n) is 3.26. The molecule has 0 amide bonds. The summed E-state index contributed by atoms with van der Waals surface area (Å²) in [5.74, 6) is 0.557. The summed E-state index contributed by atoms with van der Waals surface area (Å²) in [6.07, 6.45) is 0. The van der Waals surface area contributed by atoms with E-state index in [1.165, 1.54) is 5.56 Å². The van der Waals surface area contributed by atoms with E-state index < -0.39 is 0 Å². The first-order valence-corrected chi connectivity index (χ1v) is 8.15. The Balaban J connectivity index is 2.00. The van der Waals surface area contributed by atoms with Gasteiger partial charge in [0.05, 0.1) is 12.6 Å². The van der Waals surface area contributed by atoms with Crippen LogP contribution in [0.2, 0.25) is 4.34 Å². The number of hydrogen-bond acceptors (Lipinski definition) is 4. The minimum absolute atomic E-state index is 0.116. The number of halogens is 2. The summed E-state index contributed by atoms with van der Waals surface area (Å²) in [4.78, 5) is 7.62. The summed E-state index contributed by atoms with van der Waals surface area (Å²) in [6, 6.07) is 10.4. The smallest absolute Gasteiger partial charge is 0.196 e. The molecule has 2 aromatic rings. The zero-order valence-electron chi connectivity index (χ0n) is 10.8. The van der Waals surface area contributed by atoms with E-state index in [0.29, 0.717) is 12.5 Å². The lowest BCUT2D eigenvalue weighted by atomic mass is 10.1. The van der Waals surface area contributed by atoms with Crippen molar-refractivity contribution in [1.29, 1.82) is 0 Å². The zero-order valence-corrected chi connectivity index (χ0v) is 14.0. The Labute approximate surface area is 135 Å². The Morgan fingerprint density at radius 2 is 2.25 bits per heavy atom. The monoisotopic (exact) mass is 369 g/mol. The van der Waals surface area contributed by atoms with Crippen molar-refractivity contribution in [2.75, 3.05) is 11.4 Å². The Bertz CT molecular complexity index is 663. The average molecular weight is 371 g/mol. The maximum atomic E-state index is 6.15. The topological polar surface area (TPSA) is 41.6 Å². The highest BCUT2D eigenvalue weighted by Crippen LogP contribution is 2.40. The molecule has 1 unspecified atom stereocenters. The molecule has 3 rings (SSSR count). The number of nitrogens with two attached hydrogens (primary N) is 1. The number of hydrogen-bond donors (Lipinski definition) is 1. The summed E-state index contributed by atoms with van der Waals surface area (Å²) in [6.45, 7) is 2.73. The van der Waals surface area contributed by atoms with Crippen LogP contribution in [0, 0.1) is 6.92 Å². The number of aryl methyl sites for hydroxylation is 1. The van der Waals surface area contributed by atoms with Crippen LogP contribution in [0.25, 0.3) is 0 Å². The van der Waals surface area contributed by atoms with Gasteiger partial charge in [-0.15, -0.1) is 11.3 Å². The highest BCUT2D eigenvalue weighted by atomic mass is 79.9. The van der Waals surface area contributed by atoms with Gasteiger partial charge >= 0.3 is 0 Å². The second kappa shape index (κ2) is 5.39. The number of nitrogens with zero attached hydrogens (tertiary/aromatic N) is 2. The molecule has 1 aliphatic heterocycles. The van der Waals surface area contributed by atoms with Crippen molar-refractivity contribution in [2.45, 2.75) is 13.0 Å². The van der Waals surface area contributed by atoms with Crippen LogP contribution in [0.5, 0.6) is 0 Å². The molecule has 0 saturated carbocycles. The van der Waals surface area contributed by atoms with E-state index in [1.54, 1.807) is 11.3 Å². The van der Waals surface area contributed by atoms with Crippen LogP contribution >= 0.6 is 38.9 Å². The molecule has 2 heterocycles. The molecular weight excluding hydrogens is 358 g/mol. The minimum atomic E-state index is 0.116. The van der Waals surface area contributed by atoms with Crippen LogP contribution in [0.1, 0.15) is 16.5 Å². The second-order valence-corrected chi connectivity index (χ2v) is 7.23. The van der Waals surface area contributed by atoms with Gasteiger partial charge in [-0.25, -0.2) is 0 Å². The van der Waals surface area contributed by atoms with Gasteiger partial charge in [-0.3, -0.25) is 4.99 Å². The molecule has 0 saturated heterocycles. The molecule has 1 aromatic carbocycles. The highest BCUT2D eigenvalue weighted by Gasteiger charge is 2.30. The van der Waals surface area contributed by atoms with E-state index in [1.807, 2.05) is 6.07 Å². The number of guanidine groups is 1. The third-order valence-corrected chi connectivity index (χ3v) is 5.83. The van der Waals surface area contributed by atoms with Crippen molar-refractivity contribution in [3.8, 4) is 0 Å². The lowest BCUT2D eigenvalue weighted by Gasteiger charge is -2.25. The molecule has 6 heteroatoms. The molecule has 0 bridgehead atoms. The molecule has 3 nitrogen and oxygen atoms in total. The largest absolute Gasteiger partial charge is 0.369 e. The number of benzene rings is 1. The fourth-order valence-corrected chi connectivity index (χ4v) is 4.15. The Morgan fingerprint density at radius 3 is 2.90 bits per heavy atom. The SMILES string of the molecule is Cc1cccc(N2C(N)=NCC2c2cc(Br)c(Cl)s2)c1. The summed E-state index contributed by atoms with van der Waals surface area (Å²) in [5.41, 5.74) is 8.33. The first-order chi connectivity index (χ1) is 9.56. The van der Waals surface area contributed by atoms with Crippen molar-refractivity contribution in [3.63, 3.8) is 0 Å². The van der Waals surface area contributed by atoms with E-state index in [4.69, 9.17) is 17.3 Å². The Kier molecular flexibility index (Phi) is 3.75. The van der Waals surface area contributed by atoms with E-state index in [0.717, 1.165) is 19.4 Å². The van der Waals surface area contributed by atoms with Crippen molar-refractivity contribution in [3.05, 3.63) is 49.6 Å². The number of thiophene rings is 1. The third kappa shape index (κ3) is 2.45. The van der Waals surface area contributed by atoms with Gasteiger partial charge in [0.2, 0.25) is 0 Å². The van der Waals surface area contributed by atoms with Gasteiger partial charge < -0.3 is 10.6 Å². The molecule has 0 aliphatic carbocycles. The van der Waals surface area contributed by atoms with Crippen molar-refractivity contribution in [2.24, 2.45) is 10.7 Å². The van der Waals surface area contributed by atoms with Gasteiger partial charge in [-0.1, -0.05) is 23.7 Å². The quantitative estimate of drug-likeness (QED) is 0.854. The van der Waals surface area contributed by atoms with E-state index in [9.17, 15) is 0 Å². The predicted molar refractivity (Wildman–Crippen MR) is 89.9 cm³/mol. The van der Waals surface area contributed by atoms with E-state index in [2.05, 4.69) is 57.0 Å². The van der Waals surface area contributed by atoms with Gasteiger partial charge in [-0.2, -0.15) is 0 Å². The summed E-state index contributed by atoms with van der Waals surface area (Å²) >= 11 is 11.2. The fraction of sp³-hybridized carbons (Fsp3) is 0.214. The lowest BCUT2D eigenvalue weighted by molar-refractivity contribution is 0.784. The van der Waals surface area contributed by atoms with Gasteiger partial charge in [0.25, 0.3) is 0 Å². The van der Waals surface area contributed by atoms with Gasteiger partial charge in [-0.05, 0) is 46.6 Å². The fourth-order valence-electron chi connectivity index (χ4n) is 2.33. The summed E-state index contributed by atoms with van der Waals surface area (Å²) < 4.78 is 1.68.